The first-order valence-electron chi connectivity index (χ1n) is 9.54. The van der Waals surface area contributed by atoms with Crippen LogP contribution < -0.4 is 10.5 Å². The number of hydrogen-bond donors (Lipinski definition) is 1. The number of non-ortho nitro benzene ring substituents is 1. The molecule has 1 atom stereocenters. The van der Waals surface area contributed by atoms with Crippen LogP contribution in [-0.2, 0) is 6.42 Å². The zero-order chi connectivity index (χ0) is 20.8. The summed E-state index contributed by atoms with van der Waals surface area (Å²) in [5.74, 6) is 0.439. The van der Waals surface area contributed by atoms with Gasteiger partial charge in [0.05, 0.1) is 10.3 Å². The molecule has 1 aliphatic heterocycles. The van der Waals surface area contributed by atoms with Gasteiger partial charge in [-0.2, -0.15) is 4.98 Å². The van der Waals surface area contributed by atoms with Crippen molar-refractivity contribution < 1.29 is 4.92 Å². The number of aromatic amines is 1. The highest BCUT2D eigenvalue weighted by Crippen LogP contribution is 2.36. The average molecular weight is 399 g/mol. The predicted octanol–water partition coefficient (Wildman–Crippen LogP) is 3.98. The first kappa shape index (κ1) is 18.0. The van der Waals surface area contributed by atoms with E-state index in [9.17, 15) is 14.9 Å². The lowest BCUT2D eigenvalue weighted by Gasteiger charge is -2.23. The monoisotopic (exact) mass is 399 g/mol. The average Bonchev–Trinajstić information content (AvgIpc) is 3.09. The van der Waals surface area contributed by atoms with Crippen molar-refractivity contribution in [3.63, 3.8) is 0 Å². The van der Waals surface area contributed by atoms with Crippen molar-refractivity contribution >= 4 is 28.4 Å². The van der Waals surface area contributed by atoms with E-state index in [1.807, 2.05) is 23.1 Å². The number of hydrogen-bond acceptors (Lipinski definition) is 6. The Bertz CT molecular complexity index is 1360. The van der Waals surface area contributed by atoms with Crippen molar-refractivity contribution in [3.8, 4) is 11.1 Å². The van der Waals surface area contributed by atoms with Gasteiger partial charge in [0.1, 0.15) is 0 Å². The van der Waals surface area contributed by atoms with Gasteiger partial charge in [-0.15, -0.1) is 0 Å². The summed E-state index contributed by atoms with van der Waals surface area (Å²) >= 11 is 0. The Morgan fingerprint density at radius 3 is 2.83 bits per heavy atom. The third-order valence-electron chi connectivity index (χ3n) is 5.40. The Balaban J connectivity index is 1.68. The summed E-state index contributed by atoms with van der Waals surface area (Å²) in [6.07, 6.45) is 2.42. The van der Waals surface area contributed by atoms with Gasteiger partial charge in [0.25, 0.3) is 11.2 Å². The minimum Gasteiger partial charge on any atom is -0.309 e. The second-order valence-corrected chi connectivity index (χ2v) is 7.31. The standard InChI is InChI=1S/C22H17N5O3/c1-13-11-15-5-2-3-8-18(15)26(13)22-24-20-19(21(28)25-22)17(9-10-23-20)14-6-4-7-16(12-14)27(29)30/h2-10,12-13H,11H2,1H3,(H,23,24,25,28). The summed E-state index contributed by atoms with van der Waals surface area (Å²) in [5, 5.41) is 11.5. The molecule has 0 amide bonds. The van der Waals surface area contributed by atoms with Crippen LogP contribution >= 0.6 is 0 Å². The van der Waals surface area contributed by atoms with Crippen molar-refractivity contribution in [1.29, 1.82) is 0 Å². The Morgan fingerprint density at radius 2 is 2.00 bits per heavy atom. The molecule has 1 N–H and O–H groups in total. The zero-order valence-electron chi connectivity index (χ0n) is 16.1. The fourth-order valence-electron chi connectivity index (χ4n) is 4.08. The normalized spacial score (nSPS) is 15.4. The van der Waals surface area contributed by atoms with E-state index in [0.29, 0.717) is 28.1 Å². The first-order chi connectivity index (χ1) is 14.5. The Labute approximate surface area is 171 Å². The van der Waals surface area contributed by atoms with Gasteiger partial charge in [0.2, 0.25) is 5.95 Å². The van der Waals surface area contributed by atoms with Crippen molar-refractivity contribution in [2.24, 2.45) is 0 Å². The molecule has 30 heavy (non-hydrogen) atoms. The maximum absolute atomic E-state index is 13.1. The third-order valence-corrected chi connectivity index (χ3v) is 5.40. The van der Waals surface area contributed by atoms with Crippen molar-refractivity contribution in [3.05, 3.63) is 86.8 Å². The molecule has 0 spiro atoms. The van der Waals surface area contributed by atoms with E-state index in [4.69, 9.17) is 0 Å². The number of H-pyrrole nitrogens is 1. The lowest BCUT2D eigenvalue weighted by atomic mass is 10.0. The van der Waals surface area contributed by atoms with E-state index in [0.717, 1.165) is 12.1 Å². The number of aromatic nitrogens is 3. The van der Waals surface area contributed by atoms with Gasteiger partial charge >= 0.3 is 0 Å². The number of fused-ring (bicyclic) bond motifs is 2. The number of rotatable bonds is 3. The highest BCUT2D eigenvalue weighted by molar-refractivity contribution is 5.92. The Hall–Kier alpha value is -4.07. The van der Waals surface area contributed by atoms with Crippen molar-refractivity contribution in [2.75, 3.05) is 4.90 Å². The van der Waals surface area contributed by atoms with Crippen molar-refractivity contribution in [1.82, 2.24) is 15.0 Å². The summed E-state index contributed by atoms with van der Waals surface area (Å²) in [5.41, 5.74) is 3.26. The van der Waals surface area contributed by atoms with Crippen LogP contribution in [0.3, 0.4) is 0 Å². The third kappa shape index (κ3) is 2.81. The minimum atomic E-state index is -0.459. The van der Waals surface area contributed by atoms with E-state index in [1.165, 1.54) is 17.7 Å². The number of benzene rings is 2. The maximum Gasteiger partial charge on any atom is 0.270 e. The molecular weight excluding hydrogens is 382 g/mol. The summed E-state index contributed by atoms with van der Waals surface area (Å²) in [7, 11) is 0. The summed E-state index contributed by atoms with van der Waals surface area (Å²) in [4.78, 5) is 37.6. The fraction of sp³-hybridized carbons (Fsp3) is 0.136. The van der Waals surface area contributed by atoms with E-state index < -0.39 is 4.92 Å². The maximum atomic E-state index is 13.1. The van der Waals surface area contributed by atoms with Gasteiger partial charge in [-0.3, -0.25) is 19.9 Å². The van der Waals surface area contributed by atoms with Crippen LogP contribution in [0.1, 0.15) is 12.5 Å². The lowest BCUT2D eigenvalue weighted by molar-refractivity contribution is -0.384. The molecule has 4 aromatic rings. The van der Waals surface area contributed by atoms with Gasteiger partial charge in [-0.25, -0.2) is 4.98 Å². The van der Waals surface area contributed by atoms with Gasteiger partial charge in [-0.1, -0.05) is 30.3 Å². The second-order valence-electron chi connectivity index (χ2n) is 7.31. The quantitative estimate of drug-likeness (QED) is 0.413. The molecule has 0 saturated carbocycles. The van der Waals surface area contributed by atoms with E-state index in [-0.39, 0.29) is 17.3 Å². The number of pyridine rings is 1. The number of nitrogens with zero attached hydrogens (tertiary/aromatic N) is 4. The van der Waals surface area contributed by atoms with Gasteiger partial charge < -0.3 is 4.90 Å². The van der Waals surface area contributed by atoms with Gasteiger partial charge in [-0.05, 0) is 36.6 Å². The molecule has 0 radical (unpaired) electrons. The van der Waals surface area contributed by atoms with Crippen LogP contribution in [0, 0.1) is 10.1 Å². The molecule has 1 unspecified atom stereocenters. The van der Waals surface area contributed by atoms with Crippen LogP contribution in [0.5, 0.6) is 0 Å². The molecule has 8 nitrogen and oxygen atoms in total. The smallest absolute Gasteiger partial charge is 0.270 e. The molecule has 2 aromatic carbocycles. The van der Waals surface area contributed by atoms with Crippen LogP contribution in [0.25, 0.3) is 22.2 Å². The summed E-state index contributed by atoms with van der Waals surface area (Å²) < 4.78 is 0. The number of anilines is 2. The second kappa shape index (κ2) is 6.77. The Morgan fingerprint density at radius 1 is 1.17 bits per heavy atom. The largest absolute Gasteiger partial charge is 0.309 e. The van der Waals surface area contributed by atoms with Crippen LogP contribution in [0.15, 0.2) is 65.6 Å². The van der Waals surface area contributed by atoms with Gasteiger partial charge in [0, 0.05) is 35.6 Å². The molecule has 0 saturated heterocycles. The molecule has 0 aliphatic carbocycles. The van der Waals surface area contributed by atoms with E-state index in [2.05, 4.69) is 27.9 Å². The summed E-state index contributed by atoms with van der Waals surface area (Å²) in [6.45, 7) is 2.08. The highest BCUT2D eigenvalue weighted by Gasteiger charge is 2.29. The summed E-state index contributed by atoms with van der Waals surface area (Å²) in [6, 6.07) is 16.0. The Kier molecular flexibility index (Phi) is 4.06. The fourth-order valence-corrected chi connectivity index (χ4v) is 4.08. The molecule has 148 valence electrons. The molecule has 1 aliphatic rings. The molecule has 0 bridgehead atoms. The van der Waals surface area contributed by atoms with E-state index >= 15 is 0 Å². The zero-order valence-corrected chi connectivity index (χ0v) is 16.1. The van der Waals surface area contributed by atoms with Gasteiger partial charge in [0.15, 0.2) is 5.65 Å². The lowest BCUT2D eigenvalue weighted by Crippen LogP contribution is -2.28. The highest BCUT2D eigenvalue weighted by atomic mass is 16.6. The molecule has 8 heteroatoms. The predicted molar refractivity (Wildman–Crippen MR) is 114 cm³/mol. The number of nitrogens with one attached hydrogen (secondary N) is 1. The molecule has 3 heterocycles. The molecule has 5 rings (SSSR count). The van der Waals surface area contributed by atoms with Crippen molar-refractivity contribution in [2.45, 2.75) is 19.4 Å². The van der Waals surface area contributed by atoms with E-state index in [1.54, 1.807) is 24.4 Å². The molecular formula is C22H17N5O3. The van der Waals surface area contributed by atoms with Crippen LogP contribution in [-0.4, -0.2) is 25.9 Å². The van der Waals surface area contributed by atoms with Crippen LogP contribution in [0.2, 0.25) is 0 Å². The van der Waals surface area contributed by atoms with Crippen LogP contribution in [0.4, 0.5) is 17.3 Å². The SMILES string of the molecule is CC1Cc2ccccc2N1c1nc2nccc(-c3cccc([N+](=O)[O-])c3)c2c(=O)[nH]1. The minimum absolute atomic E-state index is 0.0408. The number of nitro groups is 1. The molecule has 2 aromatic heterocycles. The first-order valence-corrected chi connectivity index (χ1v) is 9.54. The number of para-hydroxylation sites is 1. The topological polar surface area (TPSA) is 105 Å². The molecule has 0 fully saturated rings. The number of nitro benzene ring substituents is 1.